The summed E-state index contributed by atoms with van der Waals surface area (Å²) in [5.41, 5.74) is 8.64. The molecular formula is C13H21NO2. The molecule has 1 aromatic carbocycles. The van der Waals surface area contributed by atoms with Crippen LogP contribution in [0.3, 0.4) is 0 Å². The second kappa shape index (κ2) is 4.85. The van der Waals surface area contributed by atoms with Crippen molar-refractivity contribution in [3.05, 3.63) is 28.8 Å². The Morgan fingerprint density at radius 1 is 1.31 bits per heavy atom. The fourth-order valence-electron chi connectivity index (χ4n) is 1.69. The molecule has 0 aliphatic carbocycles. The number of aliphatic hydroxyl groups excluding tert-OH is 1. The van der Waals surface area contributed by atoms with Gasteiger partial charge in [-0.25, -0.2) is 0 Å². The Kier molecular flexibility index (Phi) is 3.94. The molecule has 1 aromatic rings. The maximum absolute atomic E-state index is 9.48. The Hall–Kier alpha value is -1.06. The number of aryl methyl sites for hydroxylation is 2. The lowest BCUT2D eigenvalue weighted by Crippen LogP contribution is -2.36. The zero-order valence-corrected chi connectivity index (χ0v) is 10.5. The van der Waals surface area contributed by atoms with Gasteiger partial charge in [-0.15, -0.1) is 0 Å². The van der Waals surface area contributed by atoms with Crippen molar-refractivity contribution < 1.29 is 9.84 Å². The smallest absolute Gasteiger partial charge is 0.123 e. The molecule has 0 saturated carbocycles. The fraction of sp³-hybridized carbons (Fsp3) is 0.538. The molecular weight excluding hydrogens is 202 g/mol. The minimum atomic E-state index is -0.441. The van der Waals surface area contributed by atoms with Crippen molar-refractivity contribution in [3.8, 4) is 5.75 Å². The first-order valence-corrected chi connectivity index (χ1v) is 5.45. The van der Waals surface area contributed by atoms with Crippen molar-refractivity contribution in [2.45, 2.75) is 26.2 Å². The van der Waals surface area contributed by atoms with E-state index in [4.69, 9.17) is 10.5 Å². The predicted molar refractivity (Wildman–Crippen MR) is 66.0 cm³/mol. The van der Waals surface area contributed by atoms with E-state index in [1.54, 1.807) is 7.11 Å². The normalized spacial score (nSPS) is 14.6. The molecule has 0 bridgehead atoms. The van der Waals surface area contributed by atoms with E-state index in [9.17, 15) is 5.11 Å². The highest BCUT2D eigenvalue weighted by Gasteiger charge is 2.28. The molecule has 1 unspecified atom stereocenters. The molecule has 3 heteroatoms. The van der Waals surface area contributed by atoms with Gasteiger partial charge in [0, 0.05) is 17.5 Å². The summed E-state index contributed by atoms with van der Waals surface area (Å²) in [5, 5.41) is 9.48. The summed E-state index contributed by atoms with van der Waals surface area (Å²) >= 11 is 0. The summed E-state index contributed by atoms with van der Waals surface area (Å²) in [6.07, 6.45) is 0. The summed E-state index contributed by atoms with van der Waals surface area (Å²) < 4.78 is 5.36. The highest BCUT2D eigenvalue weighted by Crippen LogP contribution is 2.33. The molecule has 0 amide bonds. The van der Waals surface area contributed by atoms with Gasteiger partial charge >= 0.3 is 0 Å². The van der Waals surface area contributed by atoms with E-state index in [2.05, 4.69) is 6.07 Å². The van der Waals surface area contributed by atoms with Crippen LogP contribution in [0, 0.1) is 13.8 Å². The minimum Gasteiger partial charge on any atom is -0.496 e. The van der Waals surface area contributed by atoms with Gasteiger partial charge in [0.1, 0.15) is 5.75 Å². The zero-order chi connectivity index (χ0) is 12.3. The van der Waals surface area contributed by atoms with Crippen LogP contribution in [0.2, 0.25) is 0 Å². The van der Waals surface area contributed by atoms with Gasteiger partial charge in [0.05, 0.1) is 13.7 Å². The van der Waals surface area contributed by atoms with E-state index in [1.807, 2.05) is 26.8 Å². The van der Waals surface area contributed by atoms with Gasteiger partial charge in [-0.1, -0.05) is 13.0 Å². The number of hydrogen-bond acceptors (Lipinski definition) is 3. The van der Waals surface area contributed by atoms with Gasteiger partial charge in [0.15, 0.2) is 0 Å². The number of methoxy groups -OCH3 is 1. The number of nitrogens with two attached hydrogens (primary N) is 1. The van der Waals surface area contributed by atoms with Crippen LogP contribution >= 0.6 is 0 Å². The number of ether oxygens (including phenoxy) is 1. The van der Waals surface area contributed by atoms with E-state index in [0.717, 1.165) is 11.3 Å². The average molecular weight is 223 g/mol. The lowest BCUT2D eigenvalue weighted by atomic mass is 9.81. The Bertz CT molecular complexity index is 370. The van der Waals surface area contributed by atoms with Gasteiger partial charge in [0.2, 0.25) is 0 Å². The lowest BCUT2D eigenvalue weighted by Gasteiger charge is -2.28. The fourth-order valence-corrected chi connectivity index (χ4v) is 1.69. The first kappa shape index (κ1) is 13.0. The van der Waals surface area contributed by atoms with Crippen LogP contribution in [0.15, 0.2) is 12.1 Å². The Labute approximate surface area is 97.2 Å². The first-order valence-electron chi connectivity index (χ1n) is 5.45. The van der Waals surface area contributed by atoms with E-state index in [-0.39, 0.29) is 6.61 Å². The van der Waals surface area contributed by atoms with Crippen molar-refractivity contribution >= 4 is 0 Å². The molecule has 3 nitrogen and oxygen atoms in total. The number of rotatable bonds is 4. The van der Waals surface area contributed by atoms with Gasteiger partial charge in [0.25, 0.3) is 0 Å². The Balaban J connectivity index is 3.36. The van der Waals surface area contributed by atoms with Crippen LogP contribution in [0.4, 0.5) is 0 Å². The quantitative estimate of drug-likeness (QED) is 0.813. The van der Waals surface area contributed by atoms with E-state index in [1.165, 1.54) is 11.1 Å². The highest BCUT2D eigenvalue weighted by molar-refractivity contribution is 5.46. The van der Waals surface area contributed by atoms with Gasteiger partial charge < -0.3 is 15.6 Å². The molecule has 0 spiro atoms. The molecule has 90 valence electrons. The third-order valence-electron chi connectivity index (χ3n) is 3.27. The van der Waals surface area contributed by atoms with Crippen molar-refractivity contribution in [1.82, 2.24) is 0 Å². The maximum atomic E-state index is 9.48. The standard InChI is InChI=1S/C13H21NO2/c1-9-5-11(13(3,7-14)8-15)12(16-4)6-10(9)2/h5-6,15H,7-8,14H2,1-4H3. The van der Waals surface area contributed by atoms with Gasteiger partial charge in [-0.05, 0) is 31.0 Å². The van der Waals surface area contributed by atoms with Crippen LogP contribution in [-0.4, -0.2) is 25.4 Å². The Morgan fingerprint density at radius 3 is 2.31 bits per heavy atom. The molecule has 0 aromatic heterocycles. The molecule has 0 saturated heterocycles. The summed E-state index contributed by atoms with van der Waals surface area (Å²) in [6.45, 7) is 6.44. The molecule has 1 rings (SSSR count). The number of hydrogen-bond donors (Lipinski definition) is 2. The summed E-state index contributed by atoms with van der Waals surface area (Å²) in [7, 11) is 1.64. The van der Waals surface area contributed by atoms with Crippen molar-refractivity contribution in [3.63, 3.8) is 0 Å². The van der Waals surface area contributed by atoms with Crippen molar-refractivity contribution in [2.75, 3.05) is 20.3 Å². The monoisotopic (exact) mass is 223 g/mol. The van der Waals surface area contributed by atoms with Crippen LogP contribution in [-0.2, 0) is 5.41 Å². The summed E-state index contributed by atoms with van der Waals surface area (Å²) in [4.78, 5) is 0. The Morgan fingerprint density at radius 2 is 1.88 bits per heavy atom. The largest absolute Gasteiger partial charge is 0.496 e. The summed E-state index contributed by atoms with van der Waals surface area (Å²) in [6, 6.07) is 4.05. The van der Waals surface area contributed by atoms with E-state index >= 15 is 0 Å². The lowest BCUT2D eigenvalue weighted by molar-refractivity contribution is 0.206. The molecule has 0 fully saturated rings. The third kappa shape index (κ3) is 2.20. The molecule has 0 aliphatic heterocycles. The van der Waals surface area contributed by atoms with Gasteiger partial charge in [-0.3, -0.25) is 0 Å². The van der Waals surface area contributed by atoms with Crippen molar-refractivity contribution in [1.29, 1.82) is 0 Å². The molecule has 1 atom stereocenters. The SMILES string of the molecule is COc1cc(C)c(C)cc1C(C)(CN)CO. The van der Waals surface area contributed by atoms with Crippen molar-refractivity contribution in [2.24, 2.45) is 5.73 Å². The predicted octanol–water partition coefficient (Wildman–Crippen LogP) is 1.52. The number of aliphatic hydroxyl groups is 1. The molecule has 3 N–H and O–H groups in total. The molecule has 0 aliphatic rings. The topological polar surface area (TPSA) is 55.5 Å². The second-order valence-corrected chi connectivity index (χ2v) is 4.56. The van der Waals surface area contributed by atoms with E-state index in [0.29, 0.717) is 6.54 Å². The third-order valence-corrected chi connectivity index (χ3v) is 3.27. The van der Waals surface area contributed by atoms with Gasteiger partial charge in [-0.2, -0.15) is 0 Å². The van der Waals surface area contributed by atoms with Crippen LogP contribution in [0.5, 0.6) is 5.75 Å². The minimum absolute atomic E-state index is 0.0162. The first-order chi connectivity index (χ1) is 7.48. The highest BCUT2D eigenvalue weighted by atomic mass is 16.5. The molecule has 0 radical (unpaired) electrons. The number of benzene rings is 1. The van der Waals surface area contributed by atoms with Crippen LogP contribution < -0.4 is 10.5 Å². The van der Waals surface area contributed by atoms with Crippen LogP contribution in [0.25, 0.3) is 0 Å². The molecule has 0 heterocycles. The summed E-state index contributed by atoms with van der Waals surface area (Å²) in [5.74, 6) is 0.796. The maximum Gasteiger partial charge on any atom is 0.123 e. The average Bonchev–Trinajstić information content (AvgIpc) is 2.31. The second-order valence-electron chi connectivity index (χ2n) is 4.56. The van der Waals surface area contributed by atoms with E-state index < -0.39 is 5.41 Å². The molecule has 16 heavy (non-hydrogen) atoms. The zero-order valence-electron chi connectivity index (χ0n) is 10.5. The van der Waals surface area contributed by atoms with Crippen LogP contribution in [0.1, 0.15) is 23.6 Å².